The summed E-state index contributed by atoms with van der Waals surface area (Å²) < 4.78 is 5.31. The molecule has 0 bridgehead atoms. The number of anilines is 1. The Morgan fingerprint density at radius 2 is 2.22 bits per heavy atom. The van der Waals surface area contributed by atoms with Crippen LogP contribution in [0.1, 0.15) is 35.9 Å². The molecule has 2 aromatic rings. The Kier molecular flexibility index (Phi) is 2.78. The summed E-state index contributed by atoms with van der Waals surface area (Å²) >= 11 is 0. The number of hydrogen-bond acceptors (Lipinski definition) is 4. The van der Waals surface area contributed by atoms with Crippen LogP contribution in [0.4, 0.5) is 5.82 Å². The van der Waals surface area contributed by atoms with E-state index in [0.717, 1.165) is 23.9 Å². The number of hydrogen-bond donors (Lipinski definition) is 0. The van der Waals surface area contributed by atoms with E-state index in [1.165, 1.54) is 18.4 Å². The molecular formula is C14H17N3O. The SMILES string of the molecule is Cc1occc1CN(C)c1ccnc(C2CC2)n1. The predicted octanol–water partition coefficient (Wildman–Crippen LogP) is 2.89. The molecule has 18 heavy (non-hydrogen) atoms. The molecule has 0 radical (unpaired) electrons. The fraction of sp³-hybridized carbons (Fsp3) is 0.429. The summed E-state index contributed by atoms with van der Waals surface area (Å²) in [4.78, 5) is 11.1. The summed E-state index contributed by atoms with van der Waals surface area (Å²) in [6.07, 6.45) is 6.05. The maximum Gasteiger partial charge on any atom is 0.133 e. The Balaban J connectivity index is 1.77. The van der Waals surface area contributed by atoms with Crippen LogP contribution in [0.25, 0.3) is 0 Å². The van der Waals surface area contributed by atoms with Gasteiger partial charge in [-0.2, -0.15) is 0 Å². The van der Waals surface area contributed by atoms with Gasteiger partial charge < -0.3 is 9.32 Å². The molecule has 0 aliphatic heterocycles. The van der Waals surface area contributed by atoms with Crippen molar-refractivity contribution in [2.24, 2.45) is 0 Å². The van der Waals surface area contributed by atoms with Crippen molar-refractivity contribution in [2.45, 2.75) is 32.2 Å². The van der Waals surface area contributed by atoms with Crippen LogP contribution in [0.2, 0.25) is 0 Å². The van der Waals surface area contributed by atoms with Gasteiger partial charge >= 0.3 is 0 Å². The van der Waals surface area contributed by atoms with Crippen LogP contribution in [0.15, 0.2) is 29.0 Å². The van der Waals surface area contributed by atoms with Gasteiger partial charge in [0, 0.05) is 31.3 Å². The van der Waals surface area contributed by atoms with E-state index >= 15 is 0 Å². The van der Waals surface area contributed by atoms with Crippen LogP contribution in [0.5, 0.6) is 0 Å². The molecule has 94 valence electrons. The van der Waals surface area contributed by atoms with Crippen molar-refractivity contribution >= 4 is 5.82 Å². The Morgan fingerprint density at radius 3 is 2.89 bits per heavy atom. The number of aromatic nitrogens is 2. The maximum atomic E-state index is 5.31. The lowest BCUT2D eigenvalue weighted by Gasteiger charge is -2.18. The lowest BCUT2D eigenvalue weighted by molar-refractivity contribution is 0.529. The van der Waals surface area contributed by atoms with Crippen molar-refractivity contribution in [3.05, 3.63) is 41.7 Å². The van der Waals surface area contributed by atoms with Gasteiger partial charge in [-0.15, -0.1) is 0 Å². The minimum absolute atomic E-state index is 0.592. The van der Waals surface area contributed by atoms with Crippen LogP contribution in [0.3, 0.4) is 0 Å². The number of furan rings is 1. The molecule has 0 spiro atoms. The van der Waals surface area contributed by atoms with Crippen molar-refractivity contribution in [2.75, 3.05) is 11.9 Å². The molecule has 4 nitrogen and oxygen atoms in total. The van der Waals surface area contributed by atoms with Gasteiger partial charge in [0.25, 0.3) is 0 Å². The first kappa shape index (κ1) is 11.3. The summed E-state index contributed by atoms with van der Waals surface area (Å²) in [5.74, 6) is 3.53. The van der Waals surface area contributed by atoms with E-state index in [9.17, 15) is 0 Å². The third-order valence-electron chi connectivity index (χ3n) is 3.37. The smallest absolute Gasteiger partial charge is 0.133 e. The van der Waals surface area contributed by atoms with Crippen molar-refractivity contribution in [1.29, 1.82) is 0 Å². The molecule has 1 saturated carbocycles. The van der Waals surface area contributed by atoms with Gasteiger partial charge in [0.15, 0.2) is 0 Å². The summed E-state index contributed by atoms with van der Waals surface area (Å²) in [5.41, 5.74) is 1.20. The Bertz CT molecular complexity index is 545. The van der Waals surface area contributed by atoms with Crippen LogP contribution in [-0.2, 0) is 6.54 Å². The minimum Gasteiger partial charge on any atom is -0.469 e. The topological polar surface area (TPSA) is 42.2 Å². The second kappa shape index (κ2) is 4.44. The lowest BCUT2D eigenvalue weighted by Crippen LogP contribution is -2.18. The molecule has 0 atom stereocenters. The summed E-state index contributed by atoms with van der Waals surface area (Å²) in [6.45, 7) is 2.79. The first-order valence-electron chi connectivity index (χ1n) is 6.31. The van der Waals surface area contributed by atoms with E-state index in [1.54, 1.807) is 6.26 Å². The van der Waals surface area contributed by atoms with E-state index in [1.807, 2.05) is 32.3 Å². The zero-order valence-electron chi connectivity index (χ0n) is 10.8. The van der Waals surface area contributed by atoms with Crippen molar-refractivity contribution in [1.82, 2.24) is 9.97 Å². The summed E-state index contributed by atoms with van der Waals surface area (Å²) in [6, 6.07) is 3.97. The van der Waals surface area contributed by atoms with Gasteiger partial charge in [-0.25, -0.2) is 9.97 Å². The number of rotatable bonds is 4. The molecule has 1 aliphatic rings. The monoisotopic (exact) mass is 243 g/mol. The number of aryl methyl sites for hydroxylation is 1. The zero-order chi connectivity index (χ0) is 12.5. The van der Waals surface area contributed by atoms with Crippen LogP contribution < -0.4 is 4.90 Å². The first-order chi connectivity index (χ1) is 8.74. The minimum atomic E-state index is 0.592. The Morgan fingerprint density at radius 1 is 1.39 bits per heavy atom. The van der Waals surface area contributed by atoms with Gasteiger partial charge in [-0.05, 0) is 31.9 Å². The molecule has 1 aliphatic carbocycles. The van der Waals surface area contributed by atoms with Crippen LogP contribution in [0, 0.1) is 6.92 Å². The van der Waals surface area contributed by atoms with Crippen LogP contribution in [-0.4, -0.2) is 17.0 Å². The molecule has 2 heterocycles. The zero-order valence-corrected chi connectivity index (χ0v) is 10.8. The molecule has 0 N–H and O–H groups in total. The number of nitrogens with zero attached hydrogens (tertiary/aromatic N) is 3. The second-order valence-electron chi connectivity index (χ2n) is 4.91. The van der Waals surface area contributed by atoms with Gasteiger partial charge in [-0.1, -0.05) is 0 Å². The maximum absolute atomic E-state index is 5.31. The molecule has 2 aromatic heterocycles. The molecule has 3 rings (SSSR count). The highest BCUT2D eigenvalue weighted by Crippen LogP contribution is 2.38. The molecule has 0 unspecified atom stereocenters. The third kappa shape index (κ3) is 2.23. The van der Waals surface area contributed by atoms with Crippen molar-refractivity contribution < 1.29 is 4.42 Å². The molecule has 0 amide bonds. The highest BCUT2D eigenvalue weighted by atomic mass is 16.3. The lowest BCUT2D eigenvalue weighted by atomic mass is 10.2. The predicted molar refractivity (Wildman–Crippen MR) is 69.6 cm³/mol. The average Bonchev–Trinajstić information content (AvgIpc) is 3.16. The highest BCUT2D eigenvalue weighted by molar-refractivity contribution is 5.38. The summed E-state index contributed by atoms with van der Waals surface area (Å²) in [7, 11) is 2.05. The molecule has 4 heteroatoms. The third-order valence-corrected chi connectivity index (χ3v) is 3.37. The average molecular weight is 243 g/mol. The van der Waals surface area contributed by atoms with Gasteiger partial charge in [0.05, 0.1) is 6.26 Å². The van der Waals surface area contributed by atoms with E-state index in [2.05, 4.69) is 14.9 Å². The molecule has 0 saturated heterocycles. The van der Waals surface area contributed by atoms with Gasteiger partial charge in [-0.3, -0.25) is 0 Å². The van der Waals surface area contributed by atoms with Gasteiger partial charge in [0.1, 0.15) is 17.4 Å². The second-order valence-corrected chi connectivity index (χ2v) is 4.91. The fourth-order valence-corrected chi connectivity index (χ4v) is 2.03. The Labute approximate surface area is 107 Å². The van der Waals surface area contributed by atoms with Crippen molar-refractivity contribution in [3.63, 3.8) is 0 Å². The highest BCUT2D eigenvalue weighted by Gasteiger charge is 2.26. The molecular weight excluding hydrogens is 226 g/mol. The molecule has 0 aromatic carbocycles. The van der Waals surface area contributed by atoms with Crippen LogP contribution >= 0.6 is 0 Å². The van der Waals surface area contributed by atoms with E-state index < -0.39 is 0 Å². The van der Waals surface area contributed by atoms with E-state index in [0.29, 0.717) is 5.92 Å². The van der Waals surface area contributed by atoms with Crippen molar-refractivity contribution in [3.8, 4) is 0 Å². The summed E-state index contributed by atoms with van der Waals surface area (Å²) in [5, 5.41) is 0. The largest absolute Gasteiger partial charge is 0.469 e. The normalized spacial score (nSPS) is 14.8. The molecule has 1 fully saturated rings. The first-order valence-corrected chi connectivity index (χ1v) is 6.31. The standard InChI is InChI=1S/C14H17N3O/c1-10-12(6-8-18-10)9-17(2)13-5-7-15-14(16-13)11-3-4-11/h5-8,11H,3-4,9H2,1-2H3. The van der Waals surface area contributed by atoms with E-state index in [-0.39, 0.29) is 0 Å². The Hall–Kier alpha value is -1.84. The van der Waals surface area contributed by atoms with E-state index in [4.69, 9.17) is 4.42 Å². The fourth-order valence-electron chi connectivity index (χ4n) is 2.03. The quantitative estimate of drug-likeness (QED) is 0.828. The van der Waals surface area contributed by atoms with Gasteiger partial charge in [0.2, 0.25) is 0 Å².